The van der Waals surface area contributed by atoms with Crippen LogP contribution < -0.4 is 38.9 Å². The fourth-order valence-electron chi connectivity index (χ4n) is 2.41. The second-order valence-electron chi connectivity index (χ2n) is 6.95. The van der Waals surface area contributed by atoms with Gasteiger partial charge in [0.05, 0.1) is 12.6 Å². The van der Waals surface area contributed by atoms with Gasteiger partial charge in [0, 0.05) is 18.7 Å². The summed E-state index contributed by atoms with van der Waals surface area (Å²) < 4.78 is 0. The van der Waals surface area contributed by atoms with Crippen LogP contribution in [0.4, 0.5) is 0 Å². The third kappa shape index (κ3) is 12.5. The molecule has 0 radical (unpaired) electrons. The SMILES string of the molecule is NC(=O)CCC(NC(=O)C(CO)NC(=O)C(CS)NC(=O)C(N)CCCN=C(N)N)C(=O)O. The third-order valence-corrected chi connectivity index (χ3v) is 4.59. The van der Waals surface area contributed by atoms with Crippen molar-refractivity contribution < 1.29 is 34.2 Å². The molecule has 0 aromatic rings. The van der Waals surface area contributed by atoms with Crippen molar-refractivity contribution in [1.29, 1.82) is 0 Å². The molecule has 4 atom stereocenters. The monoisotopic (exact) mass is 492 g/mol. The van der Waals surface area contributed by atoms with E-state index in [1.165, 1.54) is 0 Å². The highest BCUT2D eigenvalue weighted by atomic mass is 32.1. The minimum absolute atomic E-state index is 0.0927. The average Bonchev–Trinajstić information content (AvgIpc) is 2.74. The standard InChI is InChI=1S/C17H32N8O7S/c18-8(2-1-5-22-17(20)21)13(28)25-11(7-33)15(30)24-10(6-26)14(29)23-9(16(31)32)3-4-12(19)27/h8-11,26,33H,1-7,18H2,(H2,19,27)(H,23,29)(H,24,30)(H,25,28)(H,31,32)(H4,20,21,22). The fourth-order valence-corrected chi connectivity index (χ4v) is 2.66. The van der Waals surface area contributed by atoms with Crippen molar-refractivity contribution in [1.82, 2.24) is 16.0 Å². The summed E-state index contributed by atoms with van der Waals surface area (Å²) in [5, 5.41) is 25.3. The number of carbonyl (C=O) groups is 5. The van der Waals surface area contributed by atoms with E-state index in [9.17, 15) is 29.1 Å². The van der Waals surface area contributed by atoms with Crippen molar-refractivity contribution in [3.63, 3.8) is 0 Å². The Kier molecular flexibility index (Phi) is 14.2. The molecule has 0 bridgehead atoms. The zero-order valence-electron chi connectivity index (χ0n) is 17.9. The minimum atomic E-state index is -1.53. The van der Waals surface area contributed by atoms with E-state index in [-0.39, 0.29) is 37.5 Å². The number of aliphatic hydroxyl groups excluding tert-OH is 1. The van der Waals surface area contributed by atoms with Gasteiger partial charge in [-0.2, -0.15) is 12.6 Å². The molecule has 0 saturated heterocycles. The second-order valence-corrected chi connectivity index (χ2v) is 7.31. The quantitative estimate of drug-likeness (QED) is 0.0424. The van der Waals surface area contributed by atoms with Crippen molar-refractivity contribution in [2.75, 3.05) is 18.9 Å². The lowest BCUT2D eigenvalue weighted by molar-refractivity contribution is -0.143. The number of aliphatic hydroxyl groups is 1. The Hall–Kier alpha value is -3.11. The number of thiol groups is 1. The molecule has 16 heteroatoms. The molecule has 13 N–H and O–H groups in total. The first-order valence-corrected chi connectivity index (χ1v) is 10.5. The maximum absolute atomic E-state index is 12.4. The van der Waals surface area contributed by atoms with Crippen LogP contribution >= 0.6 is 12.6 Å². The van der Waals surface area contributed by atoms with E-state index < -0.39 is 60.4 Å². The Morgan fingerprint density at radius 1 is 0.879 bits per heavy atom. The Bertz CT molecular complexity index is 732. The first kappa shape index (κ1) is 29.9. The maximum atomic E-state index is 12.4. The van der Waals surface area contributed by atoms with E-state index in [0.717, 1.165) is 0 Å². The van der Waals surface area contributed by atoms with Crippen molar-refractivity contribution in [2.45, 2.75) is 49.9 Å². The van der Waals surface area contributed by atoms with Gasteiger partial charge in [-0.25, -0.2) is 4.79 Å². The van der Waals surface area contributed by atoms with Crippen LogP contribution in [0.25, 0.3) is 0 Å². The van der Waals surface area contributed by atoms with Gasteiger partial charge in [0.15, 0.2) is 5.96 Å². The van der Waals surface area contributed by atoms with E-state index in [2.05, 4.69) is 33.6 Å². The van der Waals surface area contributed by atoms with Gasteiger partial charge in [0.1, 0.15) is 18.1 Å². The van der Waals surface area contributed by atoms with Crippen LogP contribution in [0.15, 0.2) is 4.99 Å². The zero-order valence-corrected chi connectivity index (χ0v) is 18.8. The Labute approximate surface area is 195 Å². The summed E-state index contributed by atoms with van der Waals surface area (Å²) in [7, 11) is 0. The fraction of sp³-hybridized carbons (Fsp3) is 0.647. The van der Waals surface area contributed by atoms with E-state index >= 15 is 0 Å². The molecular weight excluding hydrogens is 460 g/mol. The number of hydrogen-bond acceptors (Lipinski definition) is 9. The van der Waals surface area contributed by atoms with Gasteiger partial charge < -0.3 is 49.1 Å². The number of nitrogens with one attached hydrogen (secondary N) is 3. The number of hydrogen-bond donors (Lipinski definition) is 10. The number of carbonyl (C=O) groups excluding carboxylic acids is 4. The molecule has 0 heterocycles. The van der Waals surface area contributed by atoms with Crippen LogP contribution in [0.1, 0.15) is 25.7 Å². The number of nitrogens with two attached hydrogens (primary N) is 4. The normalized spacial score (nSPS) is 14.2. The molecule has 33 heavy (non-hydrogen) atoms. The Balaban J connectivity index is 4.90. The van der Waals surface area contributed by atoms with Gasteiger partial charge in [-0.3, -0.25) is 24.2 Å². The molecular formula is C17H32N8O7S. The first-order chi connectivity index (χ1) is 15.4. The van der Waals surface area contributed by atoms with Gasteiger partial charge >= 0.3 is 5.97 Å². The highest BCUT2D eigenvalue weighted by molar-refractivity contribution is 7.80. The predicted molar refractivity (Wildman–Crippen MR) is 121 cm³/mol. The third-order valence-electron chi connectivity index (χ3n) is 4.23. The summed E-state index contributed by atoms with van der Waals surface area (Å²) in [4.78, 5) is 62.8. The van der Waals surface area contributed by atoms with Crippen molar-refractivity contribution in [3.05, 3.63) is 0 Å². The van der Waals surface area contributed by atoms with E-state index in [4.69, 9.17) is 28.0 Å². The van der Waals surface area contributed by atoms with Gasteiger partial charge in [-0.05, 0) is 19.3 Å². The number of nitrogens with zero attached hydrogens (tertiary/aromatic N) is 1. The topological polar surface area (TPSA) is 278 Å². The van der Waals surface area contributed by atoms with Crippen LogP contribution in [-0.4, -0.2) is 88.8 Å². The summed E-state index contributed by atoms with van der Waals surface area (Å²) in [5.41, 5.74) is 21.1. The summed E-state index contributed by atoms with van der Waals surface area (Å²) >= 11 is 3.99. The Morgan fingerprint density at radius 3 is 1.91 bits per heavy atom. The molecule has 0 spiro atoms. The Morgan fingerprint density at radius 2 is 1.42 bits per heavy atom. The van der Waals surface area contributed by atoms with Gasteiger partial charge in [-0.15, -0.1) is 0 Å². The van der Waals surface area contributed by atoms with Crippen LogP contribution in [0.3, 0.4) is 0 Å². The van der Waals surface area contributed by atoms with Crippen molar-refractivity contribution >= 4 is 48.2 Å². The molecule has 4 unspecified atom stereocenters. The largest absolute Gasteiger partial charge is 0.480 e. The number of amides is 4. The summed E-state index contributed by atoms with van der Waals surface area (Å²) in [6.07, 6.45) is 0.0663. The number of aliphatic imine (C=N–C) groups is 1. The smallest absolute Gasteiger partial charge is 0.326 e. The second kappa shape index (κ2) is 15.7. The molecule has 0 aromatic heterocycles. The number of primary amides is 1. The van der Waals surface area contributed by atoms with E-state index in [0.29, 0.717) is 6.42 Å². The molecule has 188 valence electrons. The lowest BCUT2D eigenvalue weighted by atomic mass is 10.1. The van der Waals surface area contributed by atoms with Crippen LogP contribution in [0, 0.1) is 0 Å². The van der Waals surface area contributed by atoms with Crippen LogP contribution in [0.2, 0.25) is 0 Å². The summed E-state index contributed by atoms with van der Waals surface area (Å²) in [5.74, 6) is -4.96. The molecule has 0 saturated carbocycles. The number of carboxylic acid groups (broad SMARTS) is 1. The van der Waals surface area contributed by atoms with Crippen molar-refractivity contribution in [2.24, 2.45) is 27.9 Å². The molecule has 0 aliphatic rings. The average molecular weight is 493 g/mol. The van der Waals surface area contributed by atoms with Crippen LogP contribution in [0.5, 0.6) is 0 Å². The predicted octanol–water partition coefficient (Wildman–Crippen LogP) is -4.91. The molecule has 0 aliphatic heterocycles. The first-order valence-electron chi connectivity index (χ1n) is 9.87. The maximum Gasteiger partial charge on any atom is 0.326 e. The minimum Gasteiger partial charge on any atom is -0.480 e. The molecule has 15 nitrogen and oxygen atoms in total. The number of rotatable bonds is 16. The highest BCUT2D eigenvalue weighted by Gasteiger charge is 2.29. The molecule has 0 rings (SSSR count). The summed E-state index contributed by atoms with van der Waals surface area (Å²) in [6.45, 7) is -0.596. The van der Waals surface area contributed by atoms with E-state index in [1.807, 2.05) is 0 Å². The van der Waals surface area contributed by atoms with Crippen molar-refractivity contribution in [3.8, 4) is 0 Å². The van der Waals surface area contributed by atoms with Crippen LogP contribution in [-0.2, 0) is 24.0 Å². The summed E-state index contributed by atoms with van der Waals surface area (Å²) in [6, 6.07) is -5.15. The van der Waals surface area contributed by atoms with E-state index in [1.54, 1.807) is 0 Å². The number of carboxylic acids is 1. The van der Waals surface area contributed by atoms with Gasteiger partial charge in [0.25, 0.3) is 0 Å². The lowest BCUT2D eigenvalue weighted by Crippen LogP contribution is -2.58. The molecule has 0 aliphatic carbocycles. The number of guanidine groups is 1. The zero-order chi connectivity index (χ0) is 25.6. The van der Waals surface area contributed by atoms with Gasteiger partial charge in [0.2, 0.25) is 23.6 Å². The molecule has 4 amide bonds. The molecule has 0 aromatic carbocycles. The lowest BCUT2D eigenvalue weighted by Gasteiger charge is -2.23. The molecule has 0 fully saturated rings. The number of aliphatic carboxylic acids is 1. The van der Waals surface area contributed by atoms with Gasteiger partial charge in [-0.1, -0.05) is 0 Å². The highest BCUT2D eigenvalue weighted by Crippen LogP contribution is 2.01.